The van der Waals surface area contributed by atoms with Gasteiger partial charge in [0.1, 0.15) is 0 Å². The van der Waals surface area contributed by atoms with Crippen LogP contribution in [0.1, 0.15) is 91.4 Å². The first-order valence-corrected chi connectivity index (χ1v) is 15.0. The summed E-state index contributed by atoms with van der Waals surface area (Å²) >= 11 is 1.44. The van der Waals surface area contributed by atoms with Crippen LogP contribution in [-0.4, -0.2) is 52.0 Å². The molecule has 0 heterocycles. The number of aliphatic hydroxyl groups is 1. The Labute approximate surface area is 224 Å². The number of ether oxygens (including phenoxy) is 2. The number of thioether (sulfide) groups is 1. The summed E-state index contributed by atoms with van der Waals surface area (Å²) in [5.41, 5.74) is 0.207. The molecule has 0 aromatic heterocycles. The Morgan fingerprint density at radius 3 is 2.59 bits per heavy atom. The van der Waals surface area contributed by atoms with Crippen molar-refractivity contribution >= 4 is 34.6 Å². The lowest BCUT2D eigenvalue weighted by atomic mass is 9.49. The van der Waals surface area contributed by atoms with Gasteiger partial charge in [0.25, 0.3) is 0 Å². The number of carbonyl (C=O) groups is 4. The molecule has 0 aliphatic heterocycles. The average molecular weight is 535 g/mol. The highest BCUT2D eigenvalue weighted by Gasteiger charge is 2.64. The first kappa shape index (κ1) is 28.3. The molecule has 7 atom stereocenters. The summed E-state index contributed by atoms with van der Waals surface area (Å²) in [5.74, 6) is 0.806. The van der Waals surface area contributed by atoms with Crippen LogP contribution in [0.15, 0.2) is 11.6 Å². The van der Waals surface area contributed by atoms with Crippen LogP contribution >= 0.6 is 11.8 Å². The van der Waals surface area contributed by atoms with Gasteiger partial charge in [-0.2, -0.15) is 0 Å². The van der Waals surface area contributed by atoms with E-state index in [4.69, 9.17) is 9.47 Å². The molecule has 0 spiro atoms. The molecule has 3 saturated carbocycles. The minimum absolute atomic E-state index is 0.122. The number of ketones is 1. The van der Waals surface area contributed by atoms with Crippen LogP contribution in [-0.2, 0) is 28.7 Å². The van der Waals surface area contributed by atoms with Gasteiger partial charge in [-0.3, -0.25) is 14.4 Å². The standard InChI is InChI=1S/C29H42O7S/c1-4-25(32)36-17-26(33)35-14-6-11-29(34)13-10-23-27-22(9-12-28(23,29)5-2)21-8-7-20(31)15-19(21)16-24(27)37-18(3)30/h15,21-24,27,34H,4-14,16-17H2,1-3H3/t21-,22+,23-,24+,27+,28-,29-/m0/s1. The summed E-state index contributed by atoms with van der Waals surface area (Å²) in [4.78, 5) is 47.6. The molecule has 4 aliphatic rings. The summed E-state index contributed by atoms with van der Waals surface area (Å²) in [5, 5.41) is 12.4. The normalized spacial score (nSPS) is 36.6. The monoisotopic (exact) mass is 534 g/mol. The van der Waals surface area contributed by atoms with Crippen LogP contribution in [0.2, 0.25) is 0 Å². The fourth-order valence-corrected chi connectivity index (χ4v) is 9.66. The summed E-state index contributed by atoms with van der Waals surface area (Å²) in [7, 11) is 0. The second kappa shape index (κ2) is 11.6. The fourth-order valence-electron chi connectivity index (χ4n) is 8.41. The smallest absolute Gasteiger partial charge is 0.344 e. The van der Waals surface area contributed by atoms with Crippen molar-refractivity contribution in [2.45, 2.75) is 102 Å². The zero-order valence-electron chi connectivity index (χ0n) is 22.5. The van der Waals surface area contributed by atoms with Gasteiger partial charge in [-0.1, -0.05) is 31.2 Å². The minimum atomic E-state index is -0.831. The van der Waals surface area contributed by atoms with E-state index in [0.717, 1.165) is 44.9 Å². The predicted octanol–water partition coefficient (Wildman–Crippen LogP) is 4.78. The highest BCUT2D eigenvalue weighted by atomic mass is 32.2. The van der Waals surface area contributed by atoms with Gasteiger partial charge in [-0.15, -0.1) is 0 Å². The van der Waals surface area contributed by atoms with E-state index in [0.29, 0.717) is 42.9 Å². The van der Waals surface area contributed by atoms with Gasteiger partial charge in [0.2, 0.25) is 0 Å². The third kappa shape index (κ3) is 5.56. The van der Waals surface area contributed by atoms with Gasteiger partial charge in [0.05, 0.1) is 12.2 Å². The molecule has 4 rings (SSSR count). The van der Waals surface area contributed by atoms with Crippen LogP contribution in [0, 0.1) is 29.1 Å². The molecular weight excluding hydrogens is 492 g/mol. The summed E-state index contributed by atoms with van der Waals surface area (Å²) < 4.78 is 10.1. The van der Waals surface area contributed by atoms with Gasteiger partial charge < -0.3 is 14.6 Å². The third-order valence-corrected chi connectivity index (χ3v) is 11.0. The molecular formula is C29H42O7S. The summed E-state index contributed by atoms with van der Waals surface area (Å²) in [6, 6.07) is 0. The van der Waals surface area contributed by atoms with E-state index in [9.17, 15) is 24.3 Å². The molecule has 3 fully saturated rings. The Hall–Kier alpha value is -1.67. The van der Waals surface area contributed by atoms with E-state index in [1.165, 1.54) is 17.3 Å². The van der Waals surface area contributed by atoms with Crippen LogP contribution in [0.5, 0.6) is 0 Å². The third-order valence-electron chi connectivity index (χ3n) is 9.88. The van der Waals surface area contributed by atoms with E-state index >= 15 is 0 Å². The van der Waals surface area contributed by atoms with Crippen molar-refractivity contribution in [3.05, 3.63) is 11.6 Å². The molecule has 1 N–H and O–H groups in total. The molecule has 37 heavy (non-hydrogen) atoms. The topological polar surface area (TPSA) is 107 Å². The Bertz CT molecular complexity index is 945. The number of fused-ring (bicyclic) bond motifs is 5. The quantitative estimate of drug-likeness (QED) is 0.333. The second-order valence-electron chi connectivity index (χ2n) is 11.5. The Morgan fingerprint density at radius 1 is 1.11 bits per heavy atom. The molecule has 7 nitrogen and oxygen atoms in total. The van der Waals surface area contributed by atoms with E-state index in [2.05, 4.69) is 6.92 Å². The maximum atomic E-state index is 12.3. The number of esters is 2. The van der Waals surface area contributed by atoms with Gasteiger partial charge >= 0.3 is 11.9 Å². The fraction of sp³-hybridized carbons (Fsp3) is 0.793. The lowest BCUT2D eigenvalue weighted by Crippen LogP contribution is -2.56. The average Bonchev–Trinajstić information content (AvgIpc) is 3.17. The van der Waals surface area contributed by atoms with Crippen LogP contribution < -0.4 is 0 Å². The molecule has 0 saturated heterocycles. The SMILES string of the molecule is CCC(=O)OCC(=O)OCCC[C@]1(O)CC[C@H]2[C@H]3[C@H](CC[C@@]21CC)[C@H]1CCC(=O)C=C1C[C@H]3SC(C)=O. The van der Waals surface area contributed by atoms with Gasteiger partial charge in [-0.05, 0) is 87.5 Å². The molecule has 0 aromatic rings. The van der Waals surface area contributed by atoms with E-state index in [1.807, 2.05) is 6.08 Å². The van der Waals surface area contributed by atoms with Crippen molar-refractivity contribution in [1.29, 1.82) is 0 Å². The zero-order valence-corrected chi connectivity index (χ0v) is 23.3. The maximum absolute atomic E-state index is 12.3. The summed E-state index contributed by atoms with van der Waals surface area (Å²) in [6.45, 7) is 5.30. The van der Waals surface area contributed by atoms with Crippen molar-refractivity contribution in [2.75, 3.05) is 13.2 Å². The van der Waals surface area contributed by atoms with Crippen LogP contribution in [0.25, 0.3) is 0 Å². The van der Waals surface area contributed by atoms with Crippen LogP contribution in [0.3, 0.4) is 0 Å². The molecule has 206 valence electrons. The molecule has 0 bridgehead atoms. The van der Waals surface area contributed by atoms with Gasteiger partial charge in [0, 0.05) is 30.4 Å². The number of hydrogen-bond donors (Lipinski definition) is 1. The van der Waals surface area contributed by atoms with E-state index in [1.54, 1.807) is 13.8 Å². The van der Waals surface area contributed by atoms with Crippen molar-refractivity contribution in [3.63, 3.8) is 0 Å². The van der Waals surface area contributed by atoms with E-state index in [-0.39, 0.29) is 41.2 Å². The number of carbonyl (C=O) groups excluding carboxylic acids is 4. The Morgan fingerprint density at radius 2 is 1.89 bits per heavy atom. The van der Waals surface area contributed by atoms with Crippen molar-refractivity contribution in [3.8, 4) is 0 Å². The lowest BCUT2D eigenvalue weighted by Gasteiger charge is -2.58. The number of allylic oxidation sites excluding steroid dienone is 1. The van der Waals surface area contributed by atoms with Gasteiger partial charge in [0.15, 0.2) is 17.5 Å². The molecule has 8 heteroatoms. The molecule has 4 aliphatic carbocycles. The second-order valence-corrected chi connectivity index (χ2v) is 12.9. The van der Waals surface area contributed by atoms with Crippen molar-refractivity contribution < 1.29 is 33.8 Å². The highest BCUT2D eigenvalue weighted by Crippen LogP contribution is 2.68. The Kier molecular flexibility index (Phi) is 8.89. The largest absolute Gasteiger partial charge is 0.463 e. The molecule has 0 aromatic carbocycles. The van der Waals surface area contributed by atoms with Crippen molar-refractivity contribution in [2.24, 2.45) is 29.1 Å². The lowest BCUT2D eigenvalue weighted by molar-refractivity contribution is -0.159. The predicted molar refractivity (Wildman–Crippen MR) is 141 cm³/mol. The maximum Gasteiger partial charge on any atom is 0.344 e. The minimum Gasteiger partial charge on any atom is -0.463 e. The van der Waals surface area contributed by atoms with Crippen LogP contribution in [0.4, 0.5) is 0 Å². The first-order chi connectivity index (χ1) is 17.6. The highest BCUT2D eigenvalue weighted by molar-refractivity contribution is 8.14. The van der Waals surface area contributed by atoms with E-state index < -0.39 is 17.5 Å². The zero-order chi connectivity index (χ0) is 26.8. The molecule has 0 unspecified atom stereocenters. The number of hydrogen-bond acceptors (Lipinski definition) is 8. The summed E-state index contributed by atoms with van der Waals surface area (Å²) in [6.07, 6.45) is 10.0. The van der Waals surface area contributed by atoms with Gasteiger partial charge in [-0.25, -0.2) is 4.79 Å². The number of rotatable bonds is 9. The molecule has 0 amide bonds. The Balaban J connectivity index is 1.46. The van der Waals surface area contributed by atoms with Crippen molar-refractivity contribution in [1.82, 2.24) is 0 Å². The molecule has 0 radical (unpaired) electrons. The first-order valence-electron chi connectivity index (χ1n) is 14.1.